The highest BCUT2D eigenvalue weighted by atomic mass is 19.1. The largest absolute Gasteiger partial charge is 0.385 e. The summed E-state index contributed by atoms with van der Waals surface area (Å²) in [4.78, 5) is 17.8. The highest BCUT2D eigenvalue weighted by Crippen LogP contribution is 2.38. The number of nitrogens with zero attached hydrogens (tertiary/aromatic N) is 2. The van der Waals surface area contributed by atoms with E-state index in [4.69, 9.17) is 9.72 Å². The number of pyridine rings is 1. The van der Waals surface area contributed by atoms with Gasteiger partial charge in [-0.1, -0.05) is 236 Å². The molecule has 540 valence electrons. The minimum Gasteiger partial charge on any atom is -0.385 e. The van der Waals surface area contributed by atoms with Crippen molar-refractivity contribution in [2.24, 2.45) is 35.5 Å². The molecule has 3 aromatic rings. The molecule has 5 rings (SSSR count). The molecule has 5 unspecified atom stereocenters. The van der Waals surface area contributed by atoms with Crippen molar-refractivity contribution in [1.29, 1.82) is 0 Å². The number of ether oxygens (including phenoxy) is 1. The number of carbonyl (C=O) groups is 1. The van der Waals surface area contributed by atoms with Crippen molar-refractivity contribution in [2.75, 3.05) is 38.0 Å². The molecule has 0 radical (unpaired) electrons. The highest BCUT2D eigenvalue weighted by molar-refractivity contribution is 5.82. The molecule has 8 heteroatoms. The summed E-state index contributed by atoms with van der Waals surface area (Å²) in [7, 11) is 5.49. The van der Waals surface area contributed by atoms with Crippen LogP contribution in [0.2, 0.25) is 0 Å². The SMILES string of the molecule is C=C(CCC/C=C1/Nc2ccc(C)cc2N1C)c1cc(C)nc(C(/C(C)=C(/C)CC)=C(\C)CCC)c1.C=CCCCC(=O)NC.CC.CCC(C)CC1CCCC1.CCCC.CCCCCC(C)C(C)C(CCC)CCC(C)CC.CCCOC.Cc1cc(F)cc(F)c1. The third-order valence-electron chi connectivity index (χ3n) is 18.6. The van der Waals surface area contributed by atoms with Crippen LogP contribution >= 0.6 is 0 Å². The number of halogens is 2. The Hall–Kier alpha value is -4.82. The number of carbonyl (C=O) groups excluding carboxylic acids is 1. The summed E-state index contributed by atoms with van der Waals surface area (Å²) in [5.41, 5.74) is 14.4. The predicted molar refractivity (Wildman–Crippen MR) is 418 cm³/mol. The Morgan fingerprint density at radius 3 is 1.83 bits per heavy atom. The number of unbranched alkanes of at least 4 members (excludes halogenated alkanes) is 5. The Balaban J connectivity index is -0.00000119. The van der Waals surface area contributed by atoms with Gasteiger partial charge in [0.15, 0.2) is 0 Å². The monoisotopic (exact) mass is 1310 g/mol. The Labute approximate surface area is 582 Å². The first-order valence-electron chi connectivity index (χ1n) is 37.9. The molecule has 1 aromatic heterocycles. The molecule has 2 heterocycles. The van der Waals surface area contributed by atoms with Gasteiger partial charge in [0.05, 0.1) is 17.1 Å². The van der Waals surface area contributed by atoms with Crippen LogP contribution in [0, 0.1) is 67.9 Å². The number of amides is 1. The first-order valence-corrected chi connectivity index (χ1v) is 37.9. The number of benzene rings is 2. The number of nitrogens with one attached hydrogen (secondary N) is 2. The van der Waals surface area contributed by atoms with Crippen LogP contribution in [-0.2, 0) is 9.53 Å². The number of allylic oxidation sites excluding steroid dienone is 7. The van der Waals surface area contributed by atoms with Crippen LogP contribution in [0.5, 0.6) is 0 Å². The lowest BCUT2D eigenvalue weighted by molar-refractivity contribution is -0.120. The van der Waals surface area contributed by atoms with E-state index in [2.05, 4.69) is 197 Å². The molecular formula is C86H150F2N4O2. The van der Waals surface area contributed by atoms with Crippen LogP contribution in [-0.4, -0.2) is 38.7 Å². The number of methoxy groups -OCH3 is 1. The molecule has 2 aromatic carbocycles. The second-order valence-electron chi connectivity index (χ2n) is 27.0. The molecule has 6 nitrogen and oxygen atoms in total. The maximum atomic E-state index is 12.2. The molecule has 1 aliphatic carbocycles. The smallest absolute Gasteiger partial charge is 0.219 e. The number of rotatable bonds is 32. The van der Waals surface area contributed by atoms with Crippen LogP contribution in [0.3, 0.4) is 0 Å². The maximum absolute atomic E-state index is 12.2. The van der Waals surface area contributed by atoms with E-state index in [0.29, 0.717) is 12.0 Å². The molecule has 1 aliphatic heterocycles. The molecule has 1 fully saturated rings. The van der Waals surface area contributed by atoms with Crippen molar-refractivity contribution in [2.45, 2.75) is 319 Å². The fraction of sp³-hybridized carbons (Fsp3) is 0.674. The van der Waals surface area contributed by atoms with Crippen molar-refractivity contribution in [3.63, 3.8) is 0 Å². The summed E-state index contributed by atoms with van der Waals surface area (Å²) in [5, 5.41) is 6.10. The summed E-state index contributed by atoms with van der Waals surface area (Å²) in [6.45, 7) is 55.6. The number of aryl methyl sites for hydroxylation is 3. The van der Waals surface area contributed by atoms with E-state index >= 15 is 0 Å². The van der Waals surface area contributed by atoms with Crippen molar-refractivity contribution in [1.82, 2.24) is 10.3 Å². The molecule has 0 bridgehead atoms. The van der Waals surface area contributed by atoms with Crippen molar-refractivity contribution >= 4 is 28.4 Å². The second-order valence-corrected chi connectivity index (χ2v) is 27.0. The first kappa shape index (κ1) is 93.4. The van der Waals surface area contributed by atoms with E-state index in [1.165, 1.54) is 172 Å². The third-order valence-corrected chi connectivity index (χ3v) is 18.6. The summed E-state index contributed by atoms with van der Waals surface area (Å²) in [6.07, 6.45) is 38.3. The fourth-order valence-electron chi connectivity index (χ4n) is 11.6. The number of hydrogen-bond donors (Lipinski definition) is 2. The van der Waals surface area contributed by atoms with Gasteiger partial charge >= 0.3 is 0 Å². The highest BCUT2D eigenvalue weighted by Gasteiger charge is 2.23. The zero-order valence-corrected chi connectivity index (χ0v) is 65.9. The van der Waals surface area contributed by atoms with E-state index in [1.807, 2.05) is 19.9 Å². The molecule has 94 heavy (non-hydrogen) atoms. The lowest BCUT2D eigenvalue weighted by atomic mass is 9.76. The van der Waals surface area contributed by atoms with Gasteiger partial charge in [0.1, 0.15) is 17.5 Å². The van der Waals surface area contributed by atoms with Crippen molar-refractivity contribution in [3.05, 3.63) is 136 Å². The van der Waals surface area contributed by atoms with Gasteiger partial charge in [0.25, 0.3) is 0 Å². The molecular weight excluding hydrogens is 1160 g/mol. The van der Waals surface area contributed by atoms with Gasteiger partial charge < -0.3 is 20.3 Å². The topological polar surface area (TPSA) is 66.5 Å². The van der Waals surface area contributed by atoms with E-state index < -0.39 is 11.6 Å². The standard InChI is InChI=1S/C33H45N3.C19H40.C10H20.C7H6F2.C7H13NO.C4H10O.C4H10.C2H6/c1-10-14-25(6)33(27(8)23(4)11-2)30-21-28(20-26(7)34-30)24(5)15-12-13-16-32-35-29-18-17-22(3)19-31(29)36(32)9;1-7-10-11-13-17(5)18(6)19(12-8-2)15-14-16(4)9-3;1-3-9(2)8-10-6-4-5-7-10;1-5-2-6(8)4-7(9)3-5;1-3-4-5-6-7(9)8-2;1-3-4-5-2;1-3-4-2;1-2/h16-21,35H,5,10-15H2,1-4,6-9H3;16-19H,7-15H2,1-6H3;9-10H,3-8H2,1-2H3;2-4H,1H3;3H,1,4-6H2,2H3,(H,8,9);3-4H2,1-2H3;3-4H2,1-2H3;1-2H3/b27-23-,32-16-,33-25+;;;;;;;. The van der Waals surface area contributed by atoms with Gasteiger partial charge in [0, 0.05) is 51.6 Å². The van der Waals surface area contributed by atoms with Crippen LogP contribution in [0.25, 0.3) is 11.1 Å². The Kier molecular flexibility index (Phi) is 59.0. The van der Waals surface area contributed by atoms with Crippen LogP contribution < -0.4 is 15.5 Å². The minimum absolute atomic E-state index is 0.108. The lowest BCUT2D eigenvalue weighted by Gasteiger charge is -2.30. The summed E-state index contributed by atoms with van der Waals surface area (Å²) >= 11 is 0. The first-order chi connectivity index (χ1) is 44.9. The normalized spacial score (nSPS) is 14.6. The number of aromatic nitrogens is 1. The molecule has 0 saturated heterocycles. The molecule has 2 aliphatic rings. The zero-order chi connectivity index (χ0) is 72.0. The van der Waals surface area contributed by atoms with Gasteiger partial charge in [-0.25, -0.2) is 8.78 Å². The quantitative estimate of drug-likeness (QED) is 0.0370. The van der Waals surface area contributed by atoms with Gasteiger partial charge in [-0.3, -0.25) is 9.78 Å². The van der Waals surface area contributed by atoms with E-state index in [-0.39, 0.29) is 5.91 Å². The van der Waals surface area contributed by atoms with Crippen LogP contribution in [0.15, 0.2) is 96.4 Å². The minimum atomic E-state index is -0.521. The number of fused-ring (bicyclic) bond motifs is 1. The fourth-order valence-corrected chi connectivity index (χ4v) is 11.6. The van der Waals surface area contributed by atoms with Gasteiger partial charge in [-0.05, 0) is 212 Å². The maximum Gasteiger partial charge on any atom is 0.219 e. The summed E-state index contributed by atoms with van der Waals surface area (Å²) in [6, 6.07) is 14.4. The van der Waals surface area contributed by atoms with Gasteiger partial charge in [0.2, 0.25) is 5.91 Å². The second kappa shape index (κ2) is 59.4. The van der Waals surface area contributed by atoms with Crippen molar-refractivity contribution < 1.29 is 18.3 Å². The predicted octanol–water partition coefficient (Wildman–Crippen LogP) is 27.5. The Morgan fingerprint density at radius 2 is 1.33 bits per heavy atom. The molecule has 1 saturated carbocycles. The average Bonchev–Trinajstić information content (AvgIpc) is 1.41. The molecule has 5 atom stereocenters. The molecule has 1 amide bonds. The Bertz CT molecular complexity index is 2450. The van der Waals surface area contributed by atoms with Crippen LogP contribution in [0.4, 0.5) is 20.2 Å². The lowest BCUT2D eigenvalue weighted by Crippen LogP contribution is -2.20. The van der Waals surface area contributed by atoms with Crippen molar-refractivity contribution in [3.8, 4) is 0 Å². The van der Waals surface area contributed by atoms with E-state index in [1.54, 1.807) is 21.1 Å². The average molecular weight is 1310 g/mol. The van der Waals surface area contributed by atoms with E-state index in [0.717, 1.165) is 123 Å². The third kappa shape index (κ3) is 43.4. The van der Waals surface area contributed by atoms with Crippen LogP contribution in [0.1, 0.15) is 326 Å². The van der Waals surface area contributed by atoms with Gasteiger partial charge in [-0.15, -0.1) is 6.58 Å². The molecule has 2 N–H and O–H groups in total. The molecule has 0 spiro atoms. The van der Waals surface area contributed by atoms with E-state index in [9.17, 15) is 13.6 Å². The summed E-state index contributed by atoms with van der Waals surface area (Å²) < 4.78 is 29.1. The Morgan fingerprint density at radius 1 is 0.713 bits per heavy atom. The zero-order valence-electron chi connectivity index (χ0n) is 65.9. The number of hydrogen-bond acceptors (Lipinski definition) is 5. The van der Waals surface area contributed by atoms with Gasteiger partial charge in [-0.2, -0.15) is 0 Å². The summed E-state index contributed by atoms with van der Waals surface area (Å²) in [5.74, 6) is 6.02. The number of anilines is 2.